The number of ether oxygens (including phenoxy) is 1. The molecule has 2 aromatic rings. The van der Waals surface area contributed by atoms with Gasteiger partial charge in [-0.05, 0) is 36.4 Å². The molecule has 3 rings (SSSR count). The molecule has 10 heteroatoms. The van der Waals surface area contributed by atoms with Crippen LogP contribution in [0.2, 0.25) is 5.02 Å². The maximum Gasteiger partial charge on any atom is 0.255 e. The highest BCUT2D eigenvalue weighted by Gasteiger charge is 2.29. The van der Waals surface area contributed by atoms with E-state index in [1.54, 1.807) is 6.42 Å². The second kappa shape index (κ2) is 8.52. The topological polar surface area (TPSA) is 75.7 Å². The van der Waals surface area contributed by atoms with Crippen molar-refractivity contribution >= 4 is 33.2 Å². The van der Waals surface area contributed by atoms with Gasteiger partial charge in [0, 0.05) is 30.8 Å². The third kappa shape index (κ3) is 4.49. The van der Waals surface area contributed by atoms with Crippen molar-refractivity contribution in [3.63, 3.8) is 0 Å². The van der Waals surface area contributed by atoms with Crippen LogP contribution in [0, 0.1) is 18.1 Å². The molecule has 1 saturated heterocycles. The Hall–Kier alpha value is -2.07. The Bertz CT molecular complexity index is 993. The van der Waals surface area contributed by atoms with E-state index in [-0.39, 0.29) is 36.0 Å². The molecule has 0 aromatic heterocycles. The van der Waals surface area contributed by atoms with Gasteiger partial charge in [-0.25, -0.2) is 17.2 Å². The summed E-state index contributed by atoms with van der Waals surface area (Å²) >= 11 is 5.67. The Labute approximate surface area is 166 Å². The highest BCUT2D eigenvalue weighted by molar-refractivity contribution is 7.89. The van der Waals surface area contributed by atoms with E-state index in [1.165, 1.54) is 12.1 Å². The molecule has 1 heterocycles. The van der Waals surface area contributed by atoms with Crippen LogP contribution in [0.5, 0.6) is 0 Å². The fourth-order valence-electron chi connectivity index (χ4n) is 2.60. The molecule has 2 aromatic carbocycles. The molecule has 0 unspecified atom stereocenters. The summed E-state index contributed by atoms with van der Waals surface area (Å²) in [6.45, 7) is 0.634. The van der Waals surface area contributed by atoms with Crippen molar-refractivity contribution in [2.75, 3.05) is 31.6 Å². The summed E-state index contributed by atoms with van der Waals surface area (Å²) in [4.78, 5) is 11.8. The van der Waals surface area contributed by atoms with Crippen LogP contribution in [-0.2, 0) is 14.8 Å². The first kappa shape index (κ1) is 20.7. The first-order valence-corrected chi connectivity index (χ1v) is 10.1. The van der Waals surface area contributed by atoms with Crippen LogP contribution in [0.4, 0.5) is 14.5 Å². The molecule has 0 bridgehead atoms. The van der Waals surface area contributed by atoms with E-state index in [0.717, 1.165) is 28.6 Å². The fourth-order valence-corrected chi connectivity index (χ4v) is 4.26. The number of carbonyl (C=O) groups is 1. The minimum absolute atomic E-state index is 0.0722. The number of amides is 1. The van der Waals surface area contributed by atoms with Gasteiger partial charge in [0.25, 0.3) is 5.91 Å². The number of nitrogens with one attached hydrogen (secondary N) is 1. The summed E-state index contributed by atoms with van der Waals surface area (Å²) in [6.07, 6.45) is 1.62. The quantitative estimate of drug-likeness (QED) is 0.810. The standard InChI is InChI=1S/C18H16ClF2N2O4S/c19-14-11-13(3-5-15(14)20)22-18(24)12-2-4-16(21)17(10-12)28(25,26)23-6-1-8-27-9-7-23/h1-5,10-11H,6-9H2,(H,22,24). The van der Waals surface area contributed by atoms with Crippen molar-refractivity contribution in [3.05, 3.63) is 65.0 Å². The van der Waals surface area contributed by atoms with Crippen molar-refractivity contribution in [3.8, 4) is 0 Å². The van der Waals surface area contributed by atoms with Crippen LogP contribution in [0.1, 0.15) is 10.4 Å². The van der Waals surface area contributed by atoms with Crippen molar-refractivity contribution in [1.82, 2.24) is 4.31 Å². The van der Waals surface area contributed by atoms with Crippen LogP contribution in [0.15, 0.2) is 41.3 Å². The van der Waals surface area contributed by atoms with Crippen LogP contribution < -0.4 is 5.32 Å². The summed E-state index contributed by atoms with van der Waals surface area (Å²) in [5.74, 6) is -2.30. The maximum absolute atomic E-state index is 14.3. The number of carbonyl (C=O) groups excluding carboxylic acids is 1. The molecule has 28 heavy (non-hydrogen) atoms. The van der Waals surface area contributed by atoms with E-state index in [2.05, 4.69) is 5.32 Å². The number of sulfonamides is 1. The average molecular weight is 430 g/mol. The number of anilines is 1. The molecule has 1 amide bonds. The lowest BCUT2D eigenvalue weighted by Crippen LogP contribution is -2.34. The van der Waals surface area contributed by atoms with Gasteiger partial charge in [-0.15, -0.1) is 0 Å². The second-order valence-electron chi connectivity index (χ2n) is 5.95. The Morgan fingerprint density at radius 2 is 1.89 bits per heavy atom. The lowest BCUT2D eigenvalue weighted by Gasteiger charge is -2.20. The molecule has 1 aliphatic rings. The van der Waals surface area contributed by atoms with Gasteiger partial charge >= 0.3 is 0 Å². The second-order valence-corrected chi connectivity index (χ2v) is 8.27. The van der Waals surface area contributed by atoms with Gasteiger partial charge in [0.15, 0.2) is 0 Å². The molecule has 1 fully saturated rings. The number of hydrogen-bond acceptors (Lipinski definition) is 4. The zero-order chi connectivity index (χ0) is 20.3. The van der Waals surface area contributed by atoms with Crippen LogP contribution in [-0.4, -0.2) is 44.9 Å². The smallest absolute Gasteiger partial charge is 0.255 e. The van der Waals surface area contributed by atoms with Gasteiger partial charge in [0.05, 0.1) is 18.2 Å². The van der Waals surface area contributed by atoms with E-state index < -0.39 is 32.5 Å². The van der Waals surface area contributed by atoms with Gasteiger partial charge in [0.2, 0.25) is 10.0 Å². The highest BCUT2D eigenvalue weighted by atomic mass is 35.5. The Morgan fingerprint density at radius 3 is 2.64 bits per heavy atom. The predicted octanol–water partition coefficient (Wildman–Crippen LogP) is 3.10. The summed E-state index contributed by atoms with van der Waals surface area (Å²) in [5, 5.41) is 2.29. The van der Waals surface area contributed by atoms with E-state index in [0.29, 0.717) is 6.61 Å². The average Bonchev–Trinajstić information content (AvgIpc) is 2.95. The first-order chi connectivity index (χ1) is 13.3. The van der Waals surface area contributed by atoms with Gasteiger partial charge in [-0.2, -0.15) is 4.31 Å². The summed E-state index contributed by atoms with van der Waals surface area (Å²) in [7, 11) is -4.16. The Morgan fingerprint density at radius 1 is 1.14 bits per heavy atom. The molecular formula is C18H16ClF2N2O4S. The number of halogens is 3. The summed E-state index contributed by atoms with van der Waals surface area (Å²) in [6, 6.07) is 6.63. The SMILES string of the molecule is O=C(Nc1ccc(F)c(Cl)c1)c1ccc(F)c(S(=O)(=O)N2C[CH]COCC2)c1. The highest BCUT2D eigenvalue weighted by Crippen LogP contribution is 2.23. The lowest BCUT2D eigenvalue weighted by atomic mass is 10.2. The molecule has 1 radical (unpaired) electrons. The van der Waals surface area contributed by atoms with Crippen molar-refractivity contribution in [2.45, 2.75) is 4.90 Å². The maximum atomic E-state index is 14.3. The van der Waals surface area contributed by atoms with E-state index in [9.17, 15) is 22.0 Å². The molecule has 0 aliphatic carbocycles. The van der Waals surface area contributed by atoms with Crippen molar-refractivity contribution in [2.24, 2.45) is 0 Å². The van der Waals surface area contributed by atoms with Gasteiger partial charge in [-0.3, -0.25) is 4.79 Å². The van der Waals surface area contributed by atoms with Gasteiger partial charge < -0.3 is 10.1 Å². The third-order valence-corrected chi connectivity index (χ3v) is 6.21. The Kier molecular flexibility index (Phi) is 6.29. The van der Waals surface area contributed by atoms with Crippen LogP contribution >= 0.6 is 11.6 Å². The van der Waals surface area contributed by atoms with Crippen LogP contribution in [0.3, 0.4) is 0 Å². The first-order valence-electron chi connectivity index (χ1n) is 8.24. The number of benzene rings is 2. The predicted molar refractivity (Wildman–Crippen MR) is 99.6 cm³/mol. The minimum Gasteiger partial charge on any atom is -0.380 e. The fraction of sp³-hybridized carbons (Fsp3) is 0.222. The lowest BCUT2D eigenvalue weighted by molar-refractivity contribution is 0.102. The third-order valence-electron chi connectivity index (χ3n) is 4.04. The number of nitrogens with zero attached hydrogens (tertiary/aromatic N) is 1. The summed E-state index contributed by atoms with van der Waals surface area (Å²) < 4.78 is 59.3. The van der Waals surface area contributed by atoms with Gasteiger partial charge in [0.1, 0.15) is 16.5 Å². The molecule has 0 saturated carbocycles. The monoisotopic (exact) mass is 429 g/mol. The molecular weight excluding hydrogens is 414 g/mol. The molecule has 149 valence electrons. The Balaban J connectivity index is 1.87. The van der Waals surface area contributed by atoms with E-state index in [4.69, 9.17) is 16.3 Å². The van der Waals surface area contributed by atoms with Gasteiger partial charge in [-0.1, -0.05) is 11.6 Å². The minimum atomic E-state index is -4.16. The zero-order valence-corrected chi connectivity index (χ0v) is 16.1. The normalized spacial score (nSPS) is 15.8. The largest absolute Gasteiger partial charge is 0.380 e. The molecule has 1 aliphatic heterocycles. The van der Waals surface area contributed by atoms with Crippen molar-refractivity contribution in [1.29, 1.82) is 0 Å². The van der Waals surface area contributed by atoms with E-state index in [1.807, 2.05) is 0 Å². The molecule has 0 spiro atoms. The van der Waals surface area contributed by atoms with E-state index >= 15 is 0 Å². The number of hydrogen-bond donors (Lipinski definition) is 1. The van der Waals surface area contributed by atoms with Crippen molar-refractivity contribution < 1.29 is 26.7 Å². The van der Waals surface area contributed by atoms with Crippen LogP contribution in [0.25, 0.3) is 0 Å². The summed E-state index contributed by atoms with van der Waals surface area (Å²) in [5.41, 5.74) is 0.139. The molecule has 0 atom stereocenters. The molecule has 1 N–H and O–H groups in total. The number of rotatable bonds is 4. The molecule has 6 nitrogen and oxygen atoms in total. The zero-order valence-electron chi connectivity index (χ0n) is 14.5.